The van der Waals surface area contributed by atoms with E-state index in [0.717, 1.165) is 18.2 Å². The van der Waals surface area contributed by atoms with E-state index >= 15 is 0 Å². The fourth-order valence-electron chi connectivity index (χ4n) is 1.54. The largest absolute Gasteiger partial charge is 0.331 e. The predicted molar refractivity (Wildman–Crippen MR) is 69.6 cm³/mol. The third-order valence-electron chi connectivity index (χ3n) is 2.35. The van der Waals surface area contributed by atoms with Crippen LogP contribution in [0.2, 0.25) is 0 Å². The summed E-state index contributed by atoms with van der Waals surface area (Å²) >= 11 is 1.13. The Morgan fingerprint density at radius 2 is 2.24 bits per heavy atom. The molecule has 1 amide bonds. The minimum absolute atomic E-state index is 0.00360. The highest BCUT2D eigenvalue weighted by atomic mass is 32.2. The van der Waals surface area contributed by atoms with Crippen LogP contribution in [0.3, 0.4) is 0 Å². The average Bonchev–Trinajstić information content (AvgIpc) is 2.55. The molecule has 0 aliphatic carbocycles. The Morgan fingerprint density at radius 1 is 1.53 bits per heavy atom. The Labute approximate surface area is 107 Å². The van der Waals surface area contributed by atoms with Crippen LogP contribution >= 0.6 is 11.8 Å². The molecule has 1 fully saturated rings. The lowest BCUT2D eigenvalue weighted by atomic mass is 10.4. The number of amides is 1. The molecule has 1 rings (SSSR count). The highest BCUT2D eigenvalue weighted by molar-refractivity contribution is 8.14. The minimum Gasteiger partial charge on any atom is -0.331 e. The van der Waals surface area contributed by atoms with Gasteiger partial charge in [0.2, 0.25) is 5.91 Å². The zero-order valence-electron chi connectivity index (χ0n) is 10.5. The third kappa shape index (κ3) is 4.80. The first-order valence-corrected chi connectivity index (χ1v) is 6.45. The normalized spacial score (nSPS) is 19.4. The van der Waals surface area contributed by atoms with Gasteiger partial charge < -0.3 is 4.90 Å². The molecule has 94 valence electrons. The van der Waals surface area contributed by atoms with E-state index in [0.29, 0.717) is 19.6 Å². The quantitative estimate of drug-likeness (QED) is 0.685. The van der Waals surface area contributed by atoms with Gasteiger partial charge in [-0.25, -0.2) is 0 Å². The van der Waals surface area contributed by atoms with Gasteiger partial charge in [-0.15, -0.1) is 0 Å². The maximum atomic E-state index is 11.8. The van der Waals surface area contributed by atoms with Gasteiger partial charge in [0.05, 0.1) is 18.3 Å². The van der Waals surface area contributed by atoms with E-state index < -0.39 is 0 Å². The van der Waals surface area contributed by atoms with Crippen molar-refractivity contribution in [2.75, 3.05) is 33.7 Å². The molecule has 4 nitrogen and oxygen atoms in total. The zero-order valence-corrected chi connectivity index (χ0v) is 11.3. The van der Waals surface area contributed by atoms with Crippen LogP contribution in [-0.4, -0.2) is 59.8 Å². The topological polar surface area (TPSA) is 40.6 Å². The molecule has 1 atom stereocenters. The summed E-state index contributed by atoms with van der Waals surface area (Å²) in [6.45, 7) is 3.38. The number of carbonyl (C=O) groups is 2. The van der Waals surface area contributed by atoms with Crippen LogP contribution in [0.15, 0.2) is 0 Å². The highest BCUT2D eigenvalue weighted by Crippen LogP contribution is 2.23. The maximum Gasteiger partial charge on any atom is 0.237 e. The van der Waals surface area contributed by atoms with Crippen LogP contribution < -0.4 is 0 Å². The Kier molecular flexibility index (Phi) is 5.52. The van der Waals surface area contributed by atoms with Crippen LogP contribution in [0.1, 0.15) is 13.3 Å². The lowest BCUT2D eigenvalue weighted by molar-refractivity contribution is -0.126. The minimum atomic E-state index is -0.192. The molecule has 0 unspecified atom stereocenters. The Balaban J connectivity index is 2.39. The van der Waals surface area contributed by atoms with Crippen LogP contribution in [-0.2, 0) is 9.59 Å². The van der Waals surface area contributed by atoms with Crippen LogP contribution in [0.4, 0.5) is 0 Å². The number of nitrogens with zero attached hydrogens (tertiary/aromatic N) is 2. The smallest absolute Gasteiger partial charge is 0.237 e. The van der Waals surface area contributed by atoms with Crippen molar-refractivity contribution in [3.05, 3.63) is 0 Å². The molecule has 17 heavy (non-hydrogen) atoms. The molecular formula is C12H18N2O2S. The summed E-state index contributed by atoms with van der Waals surface area (Å²) in [6.07, 6.45) is 0.748. The van der Waals surface area contributed by atoms with Gasteiger partial charge in [-0.1, -0.05) is 23.6 Å². The summed E-state index contributed by atoms with van der Waals surface area (Å²) in [5.41, 5.74) is 0. The number of rotatable bonds is 3. The van der Waals surface area contributed by atoms with Gasteiger partial charge in [0.15, 0.2) is 5.12 Å². The summed E-state index contributed by atoms with van der Waals surface area (Å²) in [5, 5.41) is -0.188. The first-order valence-electron chi connectivity index (χ1n) is 5.57. The van der Waals surface area contributed by atoms with Crippen molar-refractivity contribution in [1.29, 1.82) is 0 Å². The van der Waals surface area contributed by atoms with Gasteiger partial charge in [-0.2, -0.15) is 0 Å². The van der Waals surface area contributed by atoms with Crippen molar-refractivity contribution in [3.8, 4) is 11.8 Å². The summed E-state index contributed by atoms with van der Waals surface area (Å²) < 4.78 is 0. The molecule has 0 radical (unpaired) electrons. The molecule has 0 saturated carbocycles. The molecule has 0 aromatic carbocycles. The molecule has 1 saturated heterocycles. The molecular weight excluding hydrogens is 236 g/mol. The molecule has 1 aliphatic rings. The predicted octanol–water partition coefficient (Wildman–Crippen LogP) is 0.432. The van der Waals surface area contributed by atoms with Gasteiger partial charge in [0.1, 0.15) is 0 Å². The number of hydrogen-bond donors (Lipinski definition) is 0. The third-order valence-corrected chi connectivity index (χ3v) is 3.40. The lowest BCUT2D eigenvalue weighted by Crippen LogP contribution is -2.29. The van der Waals surface area contributed by atoms with E-state index in [-0.39, 0.29) is 16.3 Å². The van der Waals surface area contributed by atoms with Crippen molar-refractivity contribution >= 4 is 22.8 Å². The number of carbonyl (C=O) groups excluding carboxylic acids is 2. The van der Waals surface area contributed by atoms with Gasteiger partial charge in [-0.3, -0.25) is 14.5 Å². The van der Waals surface area contributed by atoms with Crippen molar-refractivity contribution in [1.82, 2.24) is 9.80 Å². The average molecular weight is 254 g/mol. The summed E-state index contributed by atoms with van der Waals surface area (Å²) in [7, 11) is 3.91. The lowest BCUT2D eigenvalue weighted by Gasteiger charge is -2.12. The van der Waals surface area contributed by atoms with Gasteiger partial charge in [0.25, 0.3) is 0 Å². The summed E-state index contributed by atoms with van der Waals surface area (Å²) in [5.74, 6) is 6.02. The number of likely N-dealkylation sites (tertiary alicyclic amines) is 1. The standard InChI is InChI=1S/C12H18N2O2S/c1-10(15)17-11-6-9-14(12(11)16)8-5-4-7-13(2)3/h11H,6-9H2,1-3H3/t11-/m1/s1. The van der Waals surface area contributed by atoms with Crippen molar-refractivity contribution in [3.63, 3.8) is 0 Å². The molecule has 0 aromatic rings. The second-order valence-corrected chi connectivity index (χ2v) is 5.62. The van der Waals surface area contributed by atoms with Crippen LogP contribution in [0.5, 0.6) is 0 Å². The molecule has 0 N–H and O–H groups in total. The fraction of sp³-hybridized carbons (Fsp3) is 0.667. The second kappa shape index (κ2) is 6.67. The van der Waals surface area contributed by atoms with E-state index in [1.54, 1.807) is 4.90 Å². The molecule has 1 heterocycles. The fourth-order valence-corrected chi connectivity index (χ4v) is 2.42. The maximum absolute atomic E-state index is 11.8. The van der Waals surface area contributed by atoms with Gasteiger partial charge >= 0.3 is 0 Å². The monoisotopic (exact) mass is 254 g/mol. The highest BCUT2D eigenvalue weighted by Gasteiger charge is 2.32. The Bertz CT molecular complexity index is 357. The molecule has 0 bridgehead atoms. The van der Waals surface area contributed by atoms with E-state index in [4.69, 9.17) is 0 Å². The van der Waals surface area contributed by atoms with Crippen molar-refractivity contribution < 1.29 is 9.59 Å². The second-order valence-electron chi connectivity index (χ2n) is 4.24. The van der Waals surface area contributed by atoms with Crippen molar-refractivity contribution in [2.45, 2.75) is 18.6 Å². The van der Waals surface area contributed by atoms with Crippen LogP contribution in [0.25, 0.3) is 0 Å². The molecule has 0 spiro atoms. The molecule has 0 aromatic heterocycles. The van der Waals surface area contributed by atoms with E-state index in [1.807, 2.05) is 19.0 Å². The van der Waals surface area contributed by atoms with Gasteiger partial charge in [0, 0.05) is 13.5 Å². The number of hydrogen-bond acceptors (Lipinski definition) is 4. The number of thioether (sulfide) groups is 1. The zero-order chi connectivity index (χ0) is 12.8. The SMILES string of the molecule is CC(=O)S[C@@H]1CCN(CC#CCN(C)C)C1=O. The summed E-state index contributed by atoms with van der Waals surface area (Å²) in [4.78, 5) is 26.5. The summed E-state index contributed by atoms with van der Waals surface area (Å²) in [6, 6.07) is 0. The van der Waals surface area contributed by atoms with Gasteiger partial charge in [-0.05, 0) is 20.5 Å². The Hall–Kier alpha value is -0.990. The van der Waals surface area contributed by atoms with E-state index in [9.17, 15) is 9.59 Å². The van der Waals surface area contributed by atoms with E-state index in [1.165, 1.54) is 6.92 Å². The molecule has 5 heteroatoms. The first kappa shape index (κ1) is 14.1. The van der Waals surface area contributed by atoms with E-state index in [2.05, 4.69) is 11.8 Å². The first-order chi connectivity index (χ1) is 8.00. The Morgan fingerprint density at radius 3 is 2.82 bits per heavy atom. The molecule has 1 aliphatic heterocycles. The van der Waals surface area contributed by atoms with Crippen LogP contribution in [0, 0.1) is 11.8 Å². The van der Waals surface area contributed by atoms with Crippen molar-refractivity contribution in [2.24, 2.45) is 0 Å².